The van der Waals surface area contributed by atoms with Crippen molar-refractivity contribution in [3.05, 3.63) is 0 Å². The van der Waals surface area contributed by atoms with Gasteiger partial charge in [-0.25, -0.2) is 4.18 Å². The molecule has 5 aliphatic rings. The third-order valence-corrected chi connectivity index (χ3v) is 12.0. The monoisotopic (exact) mass is 484 g/mol. The minimum absolute atomic E-state index is 0.0350. The van der Waals surface area contributed by atoms with Gasteiger partial charge in [-0.1, -0.05) is 20.8 Å². The smallest absolute Gasteiger partial charge is 0.393 e. The van der Waals surface area contributed by atoms with Gasteiger partial charge in [0.05, 0.1) is 18.3 Å². The zero-order valence-corrected chi connectivity index (χ0v) is 21.3. The number of fused-ring (bicyclic) bond motifs is 4. The first-order chi connectivity index (χ1) is 15.4. The van der Waals surface area contributed by atoms with E-state index in [-0.39, 0.29) is 23.5 Å². The minimum Gasteiger partial charge on any atom is -0.393 e. The molecule has 5 saturated carbocycles. The normalized spacial score (nSPS) is 50.0. The van der Waals surface area contributed by atoms with Gasteiger partial charge in [-0.2, -0.15) is 8.42 Å². The second-order valence-corrected chi connectivity index (χ2v) is 14.1. The van der Waals surface area contributed by atoms with Gasteiger partial charge in [-0.3, -0.25) is 4.55 Å². The molecule has 5 rings (SSSR count). The number of rotatable bonds is 6. The van der Waals surface area contributed by atoms with E-state index in [0.29, 0.717) is 47.3 Å². The third kappa shape index (κ3) is 4.02. The molecule has 0 aromatic carbocycles. The zero-order chi connectivity index (χ0) is 23.8. The second kappa shape index (κ2) is 8.43. The van der Waals surface area contributed by atoms with Crippen LogP contribution < -0.4 is 0 Å². The van der Waals surface area contributed by atoms with Crippen LogP contribution in [0.25, 0.3) is 0 Å². The van der Waals surface area contributed by atoms with Crippen molar-refractivity contribution in [3.63, 3.8) is 0 Å². The van der Waals surface area contributed by atoms with Crippen molar-refractivity contribution in [2.75, 3.05) is 0 Å². The average Bonchev–Trinajstić information content (AvgIpc) is 3.00. The van der Waals surface area contributed by atoms with E-state index in [0.717, 1.165) is 32.1 Å². The molecular weight excluding hydrogens is 440 g/mol. The summed E-state index contributed by atoms with van der Waals surface area (Å²) in [5.41, 5.74) is 0.644. The molecule has 0 aromatic rings. The Bertz CT molecular complexity index is 844. The molecular formula is C26H44O6S. The first kappa shape index (κ1) is 24.5. The molecule has 7 heteroatoms. The van der Waals surface area contributed by atoms with Gasteiger partial charge < -0.3 is 10.2 Å². The predicted molar refractivity (Wildman–Crippen MR) is 126 cm³/mol. The Balaban J connectivity index is 1.27. The number of aliphatic hydroxyl groups is 2. The van der Waals surface area contributed by atoms with E-state index in [1.165, 1.54) is 32.1 Å². The molecule has 5 fully saturated rings. The number of hydrogen-bond donors (Lipinski definition) is 3. The first-order valence-corrected chi connectivity index (χ1v) is 14.8. The summed E-state index contributed by atoms with van der Waals surface area (Å²) in [6, 6.07) is 0. The maximum Gasteiger partial charge on any atom is 0.397 e. The Kier molecular flexibility index (Phi) is 6.25. The molecule has 0 radical (unpaired) electrons. The summed E-state index contributed by atoms with van der Waals surface area (Å²) in [6.07, 6.45) is 10.6. The largest absolute Gasteiger partial charge is 0.397 e. The summed E-state index contributed by atoms with van der Waals surface area (Å²) in [6.45, 7) is 6.34. The second-order valence-electron chi connectivity index (χ2n) is 13.0. The van der Waals surface area contributed by atoms with Crippen LogP contribution in [0, 0.1) is 52.3 Å². The van der Waals surface area contributed by atoms with E-state index < -0.39 is 16.5 Å². The third-order valence-electron chi connectivity index (χ3n) is 11.5. The van der Waals surface area contributed by atoms with E-state index >= 15 is 0 Å². The molecule has 0 saturated heterocycles. The summed E-state index contributed by atoms with van der Waals surface area (Å²) in [5.74, 6) is 3.39. The number of hydrogen-bond acceptors (Lipinski definition) is 5. The Morgan fingerprint density at radius 1 is 1.00 bits per heavy atom. The van der Waals surface area contributed by atoms with Crippen molar-refractivity contribution in [2.24, 2.45) is 52.3 Å². The van der Waals surface area contributed by atoms with Crippen molar-refractivity contribution in [3.8, 4) is 0 Å². The highest BCUT2D eigenvalue weighted by Crippen LogP contribution is 2.74. The fourth-order valence-electron chi connectivity index (χ4n) is 9.97. The molecule has 0 aromatic heterocycles. The van der Waals surface area contributed by atoms with Crippen molar-refractivity contribution in [1.29, 1.82) is 0 Å². The van der Waals surface area contributed by atoms with Crippen LogP contribution in [0.15, 0.2) is 0 Å². The van der Waals surface area contributed by atoms with Gasteiger partial charge >= 0.3 is 10.4 Å². The summed E-state index contributed by atoms with van der Waals surface area (Å²) < 4.78 is 36.6. The average molecular weight is 485 g/mol. The molecule has 190 valence electrons. The van der Waals surface area contributed by atoms with Crippen LogP contribution in [-0.2, 0) is 14.6 Å². The molecule has 4 unspecified atom stereocenters. The van der Waals surface area contributed by atoms with Gasteiger partial charge in [0, 0.05) is 0 Å². The first-order valence-electron chi connectivity index (χ1n) is 13.5. The fourth-order valence-corrected chi connectivity index (χ4v) is 10.6. The van der Waals surface area contributed by atoms with Crippen LogP contribution in [0.3, 0.4) is 0 Å². The van der Waals surface area contributed by atoms with Gasteiger partial charge in [0.2, 0.25) is 0 Å². The SMILES string of the molecule is CC(C)[C@@H](CC[C@H]1C[C@]23CCC4C(C2CC[C@H]13)[C@H](O)C[C@H]1CC(O)CC[C@]41C)OS(=O)(=O)O. The molecule has 6 nitrogen and oxygen atoms in total. The van der Waals surface area contributed by atoms with Crippen molar-refractivity contribution < 1.29 is 27.4 Å². The molecule has 5 aliphatic carbocycles. The topological polar surface area (TPSA) is 104 Å². The van der Waals surface area contributed by atoms with Crippen molar-refractivity contribution in [1.82, 2.24) is 0 Å². The quantitative estimate of drug-likeness (QED) is 0.476. The molecule has 0 bridgehead atoms. The highest BCUT2D eigenvalue weighted by atomic mass is 32.3. The van der Waals surface area contributed by atoms with Gasteiger partial charge in [-0.05, 0) is 123 Å². The van der Waals surface area contributed by atoms with Crippen LogP contribution in [0.1, 0.15) is 91.4 Å². The lowest BCUT2D eigenvalue weighted by atomic mass is 9.39. The lowest BCUT2D eigenvalue weighted by Crippen LogP contribution is -2.61. The fraction of sp³-hybridized carbons (Fsp3) is 1.00. The van der Waals surface area contributed by atoms with Gasteiger partial charge in [0.1, 0.15) is 0 Å². The summed E-state index contributed by atoms with van der Waals surface area (Å²) >= 11 is 0. The van der Waals surface area contributed by atoms with Crippen LogP contribution in [0.4, 0.5) is 0 Å². The van der Waals surface area contributed by atoms with Gasteiger partial charge in [0.15, 0.2) is 0 Å². The molecule has 3 N–H and O–H groups in total. The Labute approximate surface area is 199 Å². The van der Waals surface area contributed by atoms with E-state index in [9.17, 15) is 18.6 Å². The summed E-state index contributed by atoms with van der Waals surface area (Å²) in [4.78, 5) is 0. The summed E-state index contributed by atoms with van der Waals surface area (Å²) in [5, 5.41) is 21.6. The predicted octanol–water partition coefficient (Wildman–Crippen LogP) is 4.60. The lowest BCUT2D eigenvalue weighted by Gasteiger charge is -2.66. The molecule has 1 spiro atoms. The Morgan fingerprint density at radius 3 is 2.42 bits per heavy atom. The maximum absolute atomic E-state index is 11.3. The van der Waals surface area contributed by atoms with E-state index in [2.05, 4.69) is 6.92 Å². The van der Waals surface area contributed by atoms with Gasteiger partial charge in [0.25, 0.3) is 0 Å². The van der Waals surface area contributed by atoms with Crippen LogP contribution >= 0.6 is 0 Å². The van der Waals surface area contributed by atoms with Crippen molar-refractivity contribution in [2.45, 2.75) is 110 Å². The highest BCUT2D eigenvalue weighted by Gasteiger charge is 2.68. The highest BCUT2D eigenvalue weighted by molar-refractivity contribution is 7.80. The molecule has 11 atom stereocenters. The zero-order valence-electron chi connectivity index (χ0n) is 20.5. The van der Waals surface area contributed by atoms with Crippen LogP contribution in [-0.4, -0.2) is 41.5 Å². The van der Waals surface area contributed by atoms with E-state index in [1.807, 2.05) is 13.8 Å². The summed E-state index contributed by atoms with van der Waals surface area (Å²) in [7, 11) is -4.42. The standard InChI is InChI=1S/C26H44O6S/c1-15(2)23(32-33(29,30)31)7-4-16-14-26-11-9-20-24(21(26)6-5-19(16)26)22(28)13-17-12-18(27)8-10-25(17,20)3/h15-24,27-28H,4-14H2,1-3H3,(H,29,30,31)/t16-,17+,18?,19+,20?,21?,22+,23+,24?,25-,26-/m0/s1. The Hall–Kier alpha value is -0.210. The maximum atomic E-state index is 11.3. The molecule has 0 heterocycles. The lowest BCUT2D eigenvalue weighted by molar-refractivity contribution is -0.201. The van der Waals surface area contributed by atoms with Gasteiger partial charge in [-0.15, -0.1) is 0 Å². The Morgan fingerprint density at radius 2 is 1.73 bits per heavy atom. The van der Waals surface area contributed by atoms with E-state index in [1.54, 1.807) is 0 Å². The molecule has 0 aliphatic heterocycles. The van der Waals surface area contributed by atoms with Crippen LogP contribution in [0.5, 0.6) is 0 Å². The van der Waals surface area contributed by atoms with Crippen molar-refractivity contribution >= 4 is 10.4 Å². The molecule has 33 heavy (non-hydrogen) atoms. The van der Waals surface area contributed by atoms with E-state index in [4.69, 9.17) is 8.74 Å². The number of aliphatic hydroxyl groups excluding tert-OH is 2. The van der Waals surface area contributed by atoms with Crippen LogP contribution in [0.2, 0.25) is 0 Å². The molecule has 0 amide bonds. The minimum atomic E-state index is -4.42.